The van der Waals surface area contributed by atoms with Gasteiger partial charge in [0, 0.05) is 29.9 Å². The topological polar surface area (TPSA) is 46.1 Å². The zero-order valence-corrected chi connectivity index (χ0v) is 15.2. The summed E-state index contributed by atoms with van der Waals surface area (Å²) < 4.78 is 1.78. The van der Waals surface area contributed by atoms with Gasteiger partial charge in [0.15, 0.2) is 0 Å². The van der Waals surface area contributed by atoms with Gasteiger partial charge in [0.2, 0.25) is 0 Å². The average Bonchev–Trinajstić information content (AvgIpc) is 2.67. The van der Waals surface area contributed by atoms with Crippen LogP contribution < -0.4 is 16.2 Å². The van der Waals surface area contributed by atoms with Crippen LogP contribution >= 0.6 is 0 Å². The van der Waals surface area contributed by atoms with E-state index in [0.717, 1.165) is 35.1 Å². The molecule has 4 nitrogen and oxygen atoms in total. The van der Waals surface area contributed by atoms with Crippen LogP contribution in [0.2, 0.25) is 0 Å². The number of aromatic nitrogens is 1. The summed E-state index contributed by atoms with van der Waals surface area (Å²) in [5.74, 6) is 0. The summed E-state index contributed by atoms with van der Waals surface area (Å²) in [4.78, 5) is 12.8. The Bertz CT molecular complexity index is 953. The van der Waals surface area contributed by atoms with Crippen LogP contribution in [0.3, 0.4) is 0 Å². The maximum Gasteiger partial charge on any atom is 0.258 e. The molecule has 1 aromatic heterocycles. The molecule has 1 aliphatic rings. The van der Waals surface area contributed by atoms with E-state index in [1.165, 1.54) is 18.4 Å². The third-order valence-electron chi connectivity index (χ3n) is 5.12. The van der Waals surface area contributed by atoms with E-state index in [-0.39, 0.29) is 5.56 Å². The van der Waals surface area contributed by atoms with Crippen molar-refractivity contribution in [2.24, 2.45) is 0 Å². The Morgan fingerprint density at radius 1 is 1.15 bits per heavy atom. The fraction of sp³-hybridized carbons (Fsp3) is 0.318. The molecule has 1 saturated heterocycles. The van der Waals surface area contributed by atoms with Gasteiger partial charge in [0.25, 0.3) is 5.56 Å². The number of benzene rings is 2. The number of hydrogen-bond donors (Lipinski definition) is 2. The van der Waals surface area contributed by atoms with Gasteiger partial charge < -0.3 is 15.2 Å². The van der Waals surface area contributed by atoms with Crippen molar-refractivity contribution in [3.05, 3.63) is 76.2 Å². The normalized spacial score (nSPS) is 17.3. The molecule has 1 atom stereocenters. The van der Waals surface area contributed by atoms with E-state index in [2.05, 4.69) is 47.9 Å². The lowest BCUT2D eigenvalue weighted by molar-refractivity contribution is 0.480. The van der Waals surface area contributed by atoms with Crippen LogP contribution in [0.1, 0.15) is 24.0 Å². The van der Waals surface area contributed by atoms with Crippen molar-refractivity contribution in [3.63, 3.8) is 0 Å². The molecule has 0 unspecified atom stereocenters. The maximum absolute atomic E-state index is 12.8. The average molecular weight is 347 g/mol. The molecule has 0 spiro atoms. The van der Waals surface area contributed by atoms with E-state index in [9.17, 15) is 4.79 Å². The second-order valence-electron chi connectivity index (χ2n) is 7.22. The predicted molar refractivity (Wildman–Crippen MR) is 108 cm³/mol. The first kappa shape index (κ1) is 16.9. The third-order valence-corrected chi connectivity index (χ3v) is 5.12. The molecule has 2 heterocycles. The number of fused-ring (bicyclic) bond motifs is 1. The first-order valence-corrected chi connectivity index (χ1v) is 9.35. The van der Waals surface area contributed by atoms with Crippen molar-refractivity contribution in [1.29, 1.82) is 0 Å². The zero-order chi connectivity index (χ0) is 17.9. The lowest BCUT2D eigenvalue weighted by Gasteiger charge is -2.25. The highest BCUT2D eigenvalue weighted by Gasteiger charge is 2.13. The van der Waals surface area contributed by atoms with Crippen LogP contribution in [0.5, 0.6) is 0 Å². The molecule has 0 bridgehead atoms. The van der Waals surface area contributed by atoms with Crippen molar-refractivity contribution in [3.8, 4) is 0 Å². The minimum Gasteiger partial charge on any atom is -0.381 e. The van der Waals surface area contributed by atoms with Gasteiger partial charge in [-0.05, 0) is 61.5 Å². The number of hydrogen-bond acceptors (Lipinski definition) is 3. The number of rotatable bonds is 4. The maximum atomic E-state index is 12.8. The molecule has 134 valence electrons. The van der Waals surface area contributed by atoms with E-state index in [0.29, 0.717) is 12.6 Å². The Balaban J connectivity index is 1.58. The van der Waals surface area contributed by atoms with Gasteiger partial charge in [-0.3, -0.25) is 4.79 Å². The van der Waals surface area contributed by atoms with Gasteiger partial charge in [0.05, 0.1) is 6.54 Å². The molecule has 1 aliphatic heterocycles. The molecule has 0 aliphatic carbocycles. The van der Waals surface area contributed by atoms with Crippen LogP contribution in [0.15, 0.2) is 59.5 Å². The van der Waals surface area contributed by atoms with Crippen LogP contribution in [-0.2, 0) is 6.54 Å². The Morgan fingerprint density at radius 2 is 2.00 bits per heavy atom. The first-order valence-electron chi connectivity index (χ1n) is 9.35. The van der Waals surface area contributed by atoms with E-state index in [4.69, 9.17) is 0 Å². The Morgan fingerprint density at radius 3 is 2.77 bits per heavy atom. The van der Waals surface area contributed by atoms with E-state index >= 15 is 0 Å². The lowest BCUT2D eigenvalue weighted by Crippen LogP contribution is -2.38. The molecule has 2 aromatic carbocycles. The fourth-order valence-corrected chi connectivity index (χ4v) is 3.60. The molecular formula is C22H25N3O. The van der Waals surface area contributed by atoms with Gasteiger partial charge in [0.1, 0.15) is 0 Å². The van der Waals surface area contributed by atoms with Crippen LogP contribution in [-0.4, -0.2) is 23.7 Å². The van der Waals surface area contributed by atoms with Crippen LogP contribution in [0.25, 0.3) is 10.8 Å². The second kappa shape index (κ2) is 7.34. The standard InChI is InChI=1S/C22H25N3O/c1-16-4-6-17(7-5-16)15-25-12-10-18-13-19(8-9-21(18)22(25)26)24-20-3-2-11-23-14-20/h4-10,12-13,20,23-24H,2-3,11,14-15H2,1H3/t20-/m0/s1. The molecule has 2 N–H and O–H groups in total. The van der Waals surface area contributed by atoms with Gasteiger partial charge in [-0.1, -0.05) is 29.8 Å². The largest absolute Gasteiger partial charge is 0.381 e. The quantitative estimate of drug-likeness (QED) is 0.759. The fourth-order valence-electron chi connectivity index (χ4n) is 3.60. The number of nitrogens with zero attached hydrogens (tertiary/aromatic N) is 1. The summed E-state index contributed by atoms with van der Waals surface area (Å²) in [5.41, 5.74) is 3.52. The van der Waals surface area contributed by atoms with Crippen molar-refractivity contribution >= 4 is 16.5 Å². The second-order valence-corrected chi connectivity index (χ2v) is 7.22. The van der Waals surface area contributed by atoms with Crippen molar-refractivity contribution < 1.29 is 0 Å². The molecule has 0 radical (unpaired) electrons. The number of pyridine rings is 1. The zero-order valence-electron chi connectivity index (χ0n) is 15.2. The number of nitrogens with one attached hydrogen (secondary N) is 2. The molecule has 4 rings (SSSR count). The SMILES string of the molecule is Cc1ccc(Cn2ccc3cc(N[C@H]4CCCNC4)ccc3c2=O)cc1. The number of piperidine rings is 1. The van der Waals surface area contributed by atoms with E-state index in [1.54, 1.807) is 4.57 Å². The highest BCUT2D eigenvalue weighted by atomic mass is 16.1. The minimum atomic E-state index is 0.0639. The summed E-state index contributed by atoms with van der Waals surface area (Å²) in [7, 11) is 0. The molecule has 0 saturated carbocycles. The van der Waals surface area contributed by atoms with Crippen LogP contribution in [0.4, 0.5) is 5.69 Å². The van der Waals surface area contributed by atoms with Crippen molar-refractivity contribution in [2.45, 2.75) is 32.4 Å². The molecule has 3 aromatic rings. The van der Waals surface area contributed by atoms with Gasteiger partial charge in [-0.2, -0.15) is 0 Å². The predicted octanol–water partition coefficient (Wildman–Crippen LogP) is 3.52. The van der Waals surface area contributed by atoms with Gasteiger partial charge >= 0.3 is 0 Å². The van der Waals surface area contributed by atoms with Crippen molar-refractivity contribution in [2.75, 3.05) is 18.4 Å². The number of anilines is 1. The summed E-state index contributed by atoms with van der Waals surface area (Å²) in [6, 6.07) is 16.9. The number of aryl methyl sites for hydroxylation is 1. The Labute approximate surface area is 153 Å². The first-order chi connectivity index (χ1) is 12.7. The highest BCUT2D eigenvalue weighted by Crippen LogP contribution is 2.19. The van der Waals surface area contributed by atoms with E-state index in [1.807, 2.05) is 24.4 Å². The summed E-state index contributed by atoms with van der Waals surface area (Å²) >= 11 is 0. The molecular weight excluding hydrogens is 322 g/mol. The monoisotopic (exact) mass is 347 g/mol. The molecule has 0 amide bonds. The summed E-state index contributed by atoms with van der Waals surface area (Å²) in [5, 5.41) is 8.76. The van der Waals surface area contributed by atoms with Crippen LogP contribution in [0, 0.1) is 6.92 Å². The molecule has 1 fully saturated rings. The summed E-state index contributed by atoms with van der Waals surface area (Å²) in [6.07, 6.45) is 4.29. The third kappa shape index (κ3) is 3.65. The molecule has 4 heteroatoms. The highest BCUT2D eigenvalue weighted by molar-refractivity contribution is 5.84. The van der Waals surface area contributed by atoms with E-state index < -0.39 is 0 Å². The minimum absolute atomic E-state index is 0.0639. The van der Waals surface area contributed by atoms with Gasteiger partial charge in [-0.25, -0.2) is 0 Å². The smallest absolute Gasteiger partial charge is 0.258 e. The Kier molecular flexibility index (Phi) is 4.76. The molecule has 26 heavy (non-hydrogen) atoms. The van der Waals surface area contributed by atoms with Crippen molar-refractivity contribution in [1.82, 2.24) is 9.88 Å². The Hall–Kier alpha value is -2.59. The van der Waals surface area contributed by atoms with Gasteiger partial charge in [-0.15, -0.1) is 0 Å². The lowest BCUT2D eigenvalue weighted by atomic mass is 10.1. The summed E-state index contributed by atoms with van der Waals surface area (Å²) in [6.45, 7) is 4.77.